The summed E-state index contributed by atoms with van der Waals surface area (Å²) >= 11 is 0. The van der Waals surface area contributed by atoms with Crippen LogP contribution in [-0.4, -0.2) is 24.5 Å². The Morgan fingerprint density at radius 1 is 1.22 bits per heavy atom. The van der Waals surface area contributed by atoms with Gasteiger partial charge in [-0.1, -0.05) is 24.3 Å². The Morgan fingerprint density at radius 3 is 2.67 bits per heavy atom. The molecule has 1 aromatic rings. The van der Waals surface area contributed by atoms with E-state index in [0.717, 1.165) is 19.5 Å². The Labute approximate surface area is 107 Å². The van der Waals surface area contributed by atoms with Gasteiger partial charge in [-0.3, -0.25) is 4.90 Å². The van der Waals surface area contributed by atoms with Gasteiger partial charge in [0.25, 0.3) is 0 Å². The minimum atomic E-state index is 0.162. The first-order chi connectivity index (χ1) is 8.86. The van der Waals surface area contributed by atoms with Crippen LogP contribution >= 0.6 is 0 Å². The highest BCUT2D eigenvalue weighted by atomic mass is 15.2. The summed E-state index contributed by atoms with van der Waals surface area (Å²) in [6.45, 7) is 2.37. The van der Waals surface area contributed by atoms with Crippen LogP contribution in [0.25, 0.3) is 0 Å². The molecule has 1 unspecified atom stereocenters. The summed E-state index contributed by atoms with van der Waals surface area (Å²) < 4.78 is 0. The quantitative estimate of drug-likeness (QED) is 0.815. The molecular formula is C14H16N4. The lowest BCUT2D eigenvalue weighted by atomic mass is 9.98. The molecule has 2 rings (SSSR count). The number of rotatable bonds is 3. The summed E-state index contributed by atoms with van der Waals surface area (Å²) in [5.74, 6) is 0. The highest BCUT2D eigenvalue weighted by Gasteiger charge is 2.23. The molecule has 0 amide bonds. The third-order valence-electron chi connectivity index (χ3n) is 3.31. The van der Waals surface area contributed by atoms with Crippen molar-refractivity contribution in [3.05, 3.63) is 35.4 Å². The van der Waals surface area contributed by atoms with E-state index in [2.05, 4.69) is 29.6 Å². The topological polar surface area (TPSA) is 62.9 Å². The van der Waals surface area contributed by atoms with Crippen molar-refractivity contribution in [2.45, 2.75) is 19.0 Å². The number of hydrogen-bond acceptors (Lipinski definition) is 4. The van der Waals surface area contributed by atoms with Crippen LogP contribution < -0.4 is 5.32 Å². The van der Waals surface area contributed by atoms with Gasteiger partial charge < -0.3 is 5.32 Å². The summed E-state index contributed by atoms with van der Waals surface area (Å²) in [5.41, 5.74) is 2.51. The average molecular weight is 240 g/mol. The molecule has 4 nitrogen and oxygen atoms in total. The van der Waals surface area contributed by atoms with Crippen molar-refractivity contribution in [3.8, 4) is 12.1 Å². The van der Waals surface area contributed by atoms with Crippen LogP contribution in [0.4, 0.5) is 0 Å². The highest BCUT2D eigenvalue weighted by molar-refractivity contribution is 5.31. The van der Waals surface area contributed by atoms with Gasteiger partial charge in [-0.2, -0.15) is 10.5 Å². The average Bonchev–Trinajstić information content (AvgIpc) is 2.61. The van der Waals surface area contributed by atoms with Crippen molar-refractivity contribution in [2.75, 3.05) is 19.6 Å². The van der Waals surface area contributed by atoms with Crippen LogP contribution in [0.5, 0.6) is 0 Å². The molecule has 0 saturated carbocycles. The predicted octanol–water partition coefficient (Wildman–Crippen LogP) is 1.57. The predicted molar refractivity (Wildman–Crippen MR) is 68.3 cm³/mol. The Kier molecular flexibility index (Phi) is 4.30. The summed E-state index contributed by atoms with van der Waals surface area (Å²) in [7, 11) is 0. The molecule has 1 aliphatic rings. The van der Waals surface area contributed by atoms with Gasteiger partial charge in [-0.25, -0.2) is 0 Å². The van der Waals surface area contributed by atoms with Gasteiger partial charge in [0, 0.05) is 12.6 Å². The first-order valence-corrected chi connectivity index (χ1v) is 6.13. The highest BCUT2D eigenvalue weighted by Crippen LogP contribution is 2.28. The number of nitrogens with one attached hydrogen (secondary N) is 1. The van der Waals surface area contributed by atoms with Crippen LogP contribution in [-0.2, 0) is 6.54 Å². The van der Waals surface area contributed by atoms with E-state index in [1.807, 2.05) is 17.0 Å². The Hall–Kier alpha value is -1.88. The number of benzene rings is 1. The van der Waals surface area contributed by atoms with Gasteiger partial charge in [0.2, 0.25) is 0 Å². The molecule has 0 fully saturated rings. The van der Waals surface area contributed by atoms with E-state index in [9.17, 15) is 0 Å². The largest absolute Gasteiger partial charge is 0.313 e. The van der Waals surface area contributed by atoms with E-state index in [-0.39, 0.29) is 6.04 Å². The fourth-order valence-corrected chi connectivity index (χ4v) is 2.47. The summed E-state index contributed by atoms with van der Waals surface area (Å²) in [6.07, 6.45) is 0.931. The van der Waals surface area contributed by atoms with Crippen molar-refractivity contribution in [3.63, 3.8) is 0 Å². The molecular weight excluding hydrogens is 224 g/mol. The second kappa shape index (κ2) is 6.16. The smallest absolute Gasteiger partial charge is 0.0879 e. The zero-order valence-corrected chi connectivity index (χ0v) is 10.3. The van der Waals surface area contributed by atoms with Gasteiger partial charge in [-0.15, -0.1) is 0 Å². The molecule has 1 atom stereocenters. The molecule has 18 heavy (non-hydrogen) atoms. The molecule has 0 bridgehead atoms. The molecule has 0 radical (unpaired) electrons. The van der Waals surface area contributed by atoms with Gasteiger partial charge >= 0.3 is 0 Å². The zero-order valence-electron chi connectivity index (χ0n) is 10.3. The number of nitrogens with zero attached hydrogens (tertiary/aromatic N) is 3. The second-order valence-electron chi connectivity index (χ2n) is 4.40. The summed E-state index contributed by atoms with van der Waals surface area (Å²) in [6, 6.07) is 12.7. The third kappa shape index (κ3) is 2.68. The lowest BCUT2D eigenvalue weighted by molar-refractivity contribution is 0.238. The van der Waals surface area contributed by atoms with Gasteiger partial charge in [0.1, 0.15) is 0 Å². The van der Waals surface area contributed by atoms with Gasteiger partial charge in [-0.05, 0) is 24.1 Å². The lowest BCUT2D eigenvalue weighted by Crippen LogP contribution is -2.30. The fraction of sp³-hybridized carbons (Fsp3) is 0.429. The van der Waals surface area contributed by atoms with E-state index in [1.54, 1.807) is 0 Å². The first-order valence-electron chi connectivity index (χ1n) is 6.13. The molecule has 0 saturated heterocycles. The van der Waals surface area contributed by atoms with Crippen LogP contribution in [0, 0.1) is 22.7 Å². The van der Waals surface area contributed by atoms with Gasteiger partial charge in [0.05, 0.1) is 25.2 Å². The maximum absolute atomic E-state index is 8.90. The molecule has 92 valence electrons. The fourth-order valence-electron chi connectivity index (χ4n) is 2.47. The van der Waals surface area contributed by atoms with E-state index in [4.69, 9.17) is 10.5 Å². The number of nitriles is 2. The first kappa shape index (κ1) is 12.6. The SMILES string of the molecule is N#CCN(CC#N)C1CCNCc2ccccc21. The summed E-state index contributed by atoms with van der Waals surface area (Å²) in [4.78, 5) is 1.95. The molecule has 1 aromatic carbocycles. The molecule has 4 heteroatoms. The maximum atomic E-state index is 8.90. The normalized spacial score (nSPS) is 18.5. The van der Waals surface area contributed by atoms with Crippen molar-refractivity contribution < 1.29 is 0 Å². The van der Waals surface area contributed by atoms with E-state index < -0.39 is 0 Å². The van der Waals surface area contributed by atoms with E-state index in [1.165, 1.54) is 11.1 Å². The molecule has 0 aliphatic carbocycles. The standard InChI is InChI=1S/C14H16N4/c15-6-9-18(10-7-16)14-5-8-17-11-12-3-1-2-4-13(12)14/h1-4,14,17H,5,8-11H2. The minimum absolute atomic E-state index is 0.162. The van der Waals surface area contributed by atoms with E-state index in [0.29, 0.717) is 13.1 Å². The monoisotopic (exact) mass is 240 g/mol. The van der Waals surface area contributed by atoms with Gasteiger partial charge in [0.15, 0.2) is 0 Å². The third-order valence-corrected chi connectivity index (χ3v) is 3.31. The van der Waals surface area contributed by atoms with Crippen molar-refractivity contribution in [2.24, 2.45) is 0 Å². The minimum Gasteiger partial charge on any atom is -0.313 e. The summed E-state index contributed by atoms with van der Waals surface area (Å²) in [5, 5.41) is 21.2. The Morgan fingerprint density at radius 2 is 1.94 bits per heavy atom. The van der Waals surface area contributed by atoms with Crippen LogP contribution in [0.1, 0.15) is 23.6 Å². The number of hydrogen-bond donors (Lipinski definition) is 1. The Bertz CT molecular complexity index is 467. The molecule has 1 N–H and O–H groups in total. The Balaban J connectivity index is 2.31. The van der Waals surface area contributed by atoms with Crippen LogP contribution in [0.3, 0.4) is 0 Å². The zero-order chi connectivity index (χ0) is 12.8. The molecule has 0 spiro atoms. The van der Waals surface area contributed by atoms with Crippen molar-refractivity contribution >= 4 is 0 Å². The molecule has 0 aromatic heterocycles. The van der Waals surface area contributed by atoms with Crippen LogP contribution in [0.15, 0.2) is 24.3 Å². The van der Waals surface area contributed by atoms with E-state index >= 15 is 0 Å². The maximum Gasteiger partial charge on any atom is 0.0879 e. The molecule has 1 heterocycles. The second-order valence-corrected chi connectivity index (χ2v) is 4.40. The molecule has 1 aliphatic heterocycles. The number of fused-ring (bicyclic) bond motifs is 1. The van der Waals surface area contributed by atoms with Crippen molar-refractivity contribution in [1.29, 1.82) is 10.5 Å². The van der Waals surface area contributed by atoms with Crippen LogP contribution in [0.2, 0.25) is 0 Å². The lowest BCUT2D eigenvalue weighted by Gasteiger charge is -2.27. The van der Waals surface area contributed by atoms with Crippen molar-refractivity contribution in [1.82, 2.24) is 10.2 Å².